The Morgan fingerprint density at radius 1 is 1.13 bits per heavy atom. The standard InChI is InChI=1S/C27H36N6O5S/c1-39(36,37)17-3-16-38-24-5-2-4-23-22(24)18-29-33(23)25-10-13-28-27(31-25)30-20-8-6-19(7-9-20)26(35)32-14-11-21(34)12-15-32/h2,4-5,10,13,18-21,34H,3,6-9,11-12,14-17H2,1H3,(H,28,30,31). The van der Waals surface area contributed by atoms with E-state index in [1.54, 1.807) is 23.1 Å². The number of carbonyl (C=O) groups excluding carboxylic acids is 1. The smallest absolute Gasteiger partial charge is 0.225 e. The lowest BCUT2D eigenvalue weighted by molar-refractivity contribution is -0.138. The van der Waals surface area contributed by atoms with Crippen LogP contribution in [-0.4, -0.2) is 87.9 Å². The minimum absolute atomic E-state index is 0.0452. The van der Waals surface area contributed by atoms with Crippen LogP contribution in [0.1, 0.15) is 44.9 Å². The van der Waals surface area contributed by atoms with Crippen LogP contribution < -0.4 is 10.1 Å². The highest BCUT2D eigenvalue weighted by Crippen LogP contribution is 2.30. The normalized spacial score (nSPS) is 20.7. The molecule has 2 fully saturated rings. The van der Waals surface area contributed by atoms with Gasteiger partial charge in [0.05, 0.1) is 35.6 Å². The van der Waals surface area contributed by atoms with Crippen LogP contribution in [0.15, 0.2) is 36.7 Å². The lowest BCUT2D eigenvalue weighted by Gasteiger charge is -2.35. The maximum absolute atomic E-state index is 12.9. The van der Waals surface area contributed by atoms with Gasteiger partial charge in [-0.3, -0.25) is 4.79 Å². The molecule has 39 heavy (non-hydrogen) atoms. The van der Waals surface area contributed by atoms with Crippen molar-refractivity contribution in [3.63, 3.8) is 0 Å². The van der Waals surface area contributed by atoms with Crippen molar-refractivity contribution < 1.29 is 23.1 Å². The molecule has 0 unspecified atom stereocenters. The van der Waals surface area contributed by atoms with Crippen LogP contribution in [0, 0.1) is 5.92 Å². The van der Waals surface area contributed by atoms with Gasteiger partial charge in [0.15, 0.2) is 5.82 Å². The average Bonchev–Trinajstić information content (AvgIpc) is 3.36. The number of sulfone groups is 1. The molecule has 1 aliphatic carbocycles. The highest BCUT2D eigenvalue weighted by atomic mass is 32.2. The van der Waals surface area contributed by atoms with Gasteiger partial charge in [0.25, 0.3) is 0 Å². The summed E-state index contributed by atoms with van der Waals surface area (Å²) in [6.45, 7) is 1.60. The molecule has 11 nitrogen and oxygen atoms in total. The van der Waals surface area contributed by atoms with Gasteiger partial charge in [0.2, 0.25) is 11.9 Å². The monoisotopic (exact) mass is 556 g/mol. The van der Waals surface area contributed by atoms with Gasteiger partial charge in [-0.25, -0.2) is 18.1 Å². The number of anilines is 1. The Morgan fingerprint density at radius 3 is 2.64 bits per heavy atom. The second kappa shape index (κ2) is 11.9. The van der Waals surface area contributed by atoms with Crippen LogP contribution in [0.3, 0.4) is 0 Å². The van der Waals surface area contributed by atoms with Crippen LogP contribution in [0.5, 0.6) is 5.75 Å². The number of nitrogens with zero attached hydrogens (tertiary/aromatic N) is 5. The molecule has 5 rings (SSSR count). The van der Waals surface area contributed by atoms with E-state index in [4.69, 9.17) is 9.72 Å². The molecule has 1 amide bonds. The van der Waals surface area contributed by atoms with Crippen molar-refractivity contribution in [2.45, 2.75) is 57.1 Å². The number of benzene rings is 1. The number of rotatable bonds is 9. The van der Waals surface area contributed by atoms with Crippen molar-refractivity contribution in [3.05, 3.63) is 36.7 Å². The molecule has 2 aromatic heterocycles. The van der Waals surface area contributed by atoms with Crippen molar-refractivity contribution in [2.75, 3.05) is 37.0 Å². The first-order valence-electron chi connectivity index (χ1n) is 13.6. The molecular formula is C27H36N6O5S. The van der Waals surface area contributed by atoms with Crippen molar-refractivity contribution >= 4 is 32.6 Å². The largest absolute Gasteiger partial charge is 0.493 e. The molecule has 1 saturated heterocycles. The van der Waals surface area contributed by atoms with E-state index in [0.29, 0.717) is 56.5 Å². The molecule has 3 aromatic rings. The number of aromatic nitrogens is 4. The van der Waals surface area contributed by atoms with E-state index >= 15 is 0 Å². The van der Waals surface area contributed by atoms with Crippen LogP contribution in [0.2, 0.25) is 0 Å². The lowest BCUT2D eigenvalue weighted by atomic mass is 9.85. The molecule has 3 heterocycles. The Hall–Kier alpha value is -3.25. The maximum atomic E-state index is 12.9. The molecule has 0 radical (unpaired) electrons. The first-order chi connectivity index (χ1) is 18.8. The molecule has 2 aliphatic rings. The zero-order valence-electron chi connectivity index (χ0n) is 22.2. The zero-order valence-corrected chi connectivity index (χ0v) is 23.0. The Labute approximate surface area is 228 Å². The summed E-state index contributed by atoms with van der Waals surface area (Å²) in [6, 6.07) is 7.63. The van der Waals surface area contributed by atoms with Crippen LogP contribution >= 0.6 is 0 Å². The summed E-state index contributed by atoms with van der Waals surface area (Å²) in [7, 11) is -3.02. The highest BCUT2D eigenvalue weighted by Gasteiger charge is 2.31. The molecule has 210 valence electrons. The molecule has 1 aliphatic heterocycles. The number of hydrogen-bond donors (Lipinski definition) is 2. The third-order valence-electron chi connectivity index (χ3n) is 7.53. The predicted octanol–water partition coefficient (Wildman–Crippen LogP) is 2.58. The predicted molar refractivity (Wildman–Crippen MR) is 148 cm³/mol. The van der Waals surface area contributed by atoms with E-state index in [2.05, 4.69) is 15.4 Å². The van der Waals surface area contributed by atoms with Crippen LogP contribution in [0.4, 0.5) is 5.95 Å². The number of likely N-dealkylation sites (tertiary alicyclic amines) is 1. The fraction of sp³-hybridized carbons (Fsp3) is 0.556. The lowest BCUT2D eigenvalue weighted by Crippen LogP contribution is -2.44. The number of aliphatic hydroxyl groups is 1. The van der Waals surface area contributed by atoms with Crippen molar-refractivity contribution in [2.24, 2.45) is 5.92 Å². The molecule has 0 bridgehead atoms. The first-order valence-corrected chi connectivity index (χ1v) is 15.7. The van der Waals surface area contributed by atoms with Gasteiger partial charge in [-0.05, 0) is 57.1 Å². The van der Waals surface area contributed by atoms with E-state index in [-0.39, 0.29) is 29.7 Å². The van der Waals surface area contributed by atoms with Crippen molar-refractivity contribution in [1.82, 2.24) is 24.6 Å². The fourth-order valence-corrected chi connectivity index (χ4v) is 6.03. The average molecular weight is 557 g/mol. The third kappa shape index (κ3) is 6.85. The second-order valence-corrected chi connectivity index (χ2v) is 12.8. The SMILES string of the molecule is CS(=O)(=O)CCCOc1cccc2c1cnn2-c1ccnc(NC2CCC(C(=O)N3CCC(O)CC3)CC2)n1. The molecule has 0 spiro atoms. The zero-order chi connectivity index (χ0) is 27.4. The molecule has 12 heteroatoms. The number of aliphatic hydroxyl groups excluding tert-OH is 1. The molecule has 0 atom stereocenters. The van der Waals surface area contributed by atoms with Gasteiger partial charge < -0.3 is 20.1 Å². The summed E-state index contributed by atoms with van der Waals surface area (Å²) in [5.41, 5.74) is 0.824. The van der Waals surface area contributed by atoms with E-state index in [1.807, 2.05) is 23.1 Å². The Morgan fingerprint density at radius 2 is 1.90 bits per heavy atom. The quantitative estimate of drug-likeness (QED) is 0.381. The number of hydrogen-bond acceptors (Lipinski definition) is 9. The number of ether oxygens (including phenoxy) is 1. The van der Waals surface area contributed by atoms with Crippen molar-refractivity contribution in [3.8, 4) is 11.6 Å². The summed E-state index contributed by atoms with van der Waals surface area (Å²) >= 11 is 0. The first kappa shape index (κ1) is 27.3. The molecule has 1 saturated carbocycles. The Balaban J connectivity index is 1.19. The van der Waals surface area contributed by atoms with Gasteiger partial charge in [-0.1, -0.05) is 6.07 Å². The van der Waals surface area contributed by atoms with Gasteiger partial charge in [-0.2, -0.15) is 10.1 Å². The van der Waals surface area contributed by atoms with E-state index in [1.165, 1.54) is 6.26 Å². The number of amides is 1. The highest BCUT2D eigenvalue weighted by molar-refractivity contribution is 7.90. The van der Waals surface area contributed by atoms with Gasteiger partial charge in [-0.15, -0.1) is 0 Å². The number of piperidine rings is 1. The number of nitrogens with one attached hydrogen (secondary N) is 1. The summed E-state index contributed by atoms with van der Waals surface area (Å²) in [5.74, 6) is 2.13. The Bertz CT molecular complexity index is 1390. The second-order valence-electron chi connectivity index (χ2n) is 10.6. The van der Waals surface area contributed by atoms with Gasteiger partial charge >= 0.3 is 0 Å². The van der Waals surface area contributed by atoms with Crippen LogP contribution in [-0.2, 0) is 14.6 Å². The van der Waals surface area contributed by atoms with Gasteiger partial charge in [0.1, 0.15) is 15.6 Å². The fourth-order valence-electron chi connectivity index (χ4n) is 5.38. The molecule has 1 aromatic carbocycles. The number of fused-ring (bicyclic) bond motifs is 1. The topological polar surface area (TPSA) is 140 Å². The van der Waals surface area contributed by atoms with E-state index in [9.17, 15) is 18.3 Å². The summed E-state index contributed by atoms with van der Waals surface area (Å²) < 4.78 is 30.3. The van der Waals surface area contributed by atoms with Crippen molar-refractivity contribution in [1.29, 1.82) is 0 Å². The van der Waals surface area contributed by atoms with Crippen LogP contribution in [0.25, 0.3) is 16.7 Å². The minimum Gasteiger partial charge on any atom is -0.493 e. The summed E-state index contributed by atoms with van der Waals surface area (Å²) in [4.78, 5) is 23.9. The summed E-state index contributed by atoms with van der Waals surface area (Å²) in [6.07, 6.45) is 9.50. The Kier molecular flexibility index (Phi) is 8.31. The maximum Gasteiger partial charge on any atom is 0.225 e. The van der Waals surface area contributed by atoms with E-state index in [0.717, 1.165) is 36.6 Å². The van der Waals surface area contributed by atoms with Gasteiger partial charge in [0, 0.05) is 43.6 Å². The van der Waals surface area contributed by atoms with E-state index < -0.39 is 9.84 Å². The molecular weight excluding hydrogens is 520 g/mol. The third-order valence-corrected chi connectivity index (χ3v) is 8.56. The number of carbonyl (C=O) groups is 1. The minimum atomic E-state index is -3.02. The summed E-state index contributed by atoms with van der Waals surface area (Å²) in [5, 5.41) is 18.5. The molecule has 2 N–H and O–H groups in total.